The summed E-state index contributed by atoms with van der Waals surface area (Å²) in [5.74, 6) is -0.383. The van der Waals surface area contributed by atoms with Gasteiger partial charge in [0, 0.05) is 18.3 Å². The highest BCUT2D eigenvalue weighted by atomic mass is 35.5. The number of aromatic nitrogens is 1. The van der Waals surface area contributed by atoms with Crippen LogP contribution in [0.3, 0.4) is 0 Å². The Kier molecular flexibility index (Phi) is 6.00. The predicted molar refractivity (Wildman–Crippen MR) is 114 cm³/mol. The highest BCUT2D eigenvalue weighted by Crippen LogP contribution is 2.33. The quantitative estimate of drug-likeness (QED) is 0.484. The Morgan fingerprint density at radius 1 is 1.06 bits per heavy atom. The lowest BCUT2D eigenvalue weighted by Crippen LogP contribution is -2.31. The number of hydrazone groups is 1. The largest absolute Gasteiger partial charge is 0.573 e. The van der Waals surface area contributed by atoms with Crippen molar-refractivity contribution in [2.45, 2.75) is 18.8 Å². The van der Waals surface area contributed by atoms with Gasteiger partial charge in [-0.25, -0.2) is 14.8 Å². The Bertz CT molecular complexity index is 1120. The number of ether oxygens (including phenoxy) is 1. The van der Waals surface area contributed by atoms with Crippen LogP contribution in [0.2, 0.25) is 5.15 Å². The second-order valence-electron chi connectivity index (χ2n) is 6.89. The van der Waals surface area contributed by atoms with Crippen LogP contribution in [0.4, 0.5) is 23.7 Å². The summed E-state index contributed by atoms with van der Waals surface area (Å²) in [6.45, 7) is 0. The molecule has 4 rings (SSSR count). The van der Waals surface area contributed by atoms with Gasteiger partial charge in [-0.2, -0.15) is 5.10 Å². The van der Waals surface area contributed by atoms with E-state index in [0.29, 0.717) is 17.3 Å². The maximum Gasteiger partial charge on any atom is 0.573 e. The first kappa shape index (κ1) is 21.6. The van der Waals surface area contributed by atoms with Crippen LogP contribution in [0.1, 0.15) is 23.6 Å². The third-order valence-electron chi connectivity index (χ3n) is 4.70. The van der Waals surface area contributed by atoms with E-state index in [1.54, 1.807) is 18.3 Å². The third kappa shape index (κ3) is 5.17. The molecule has 6 nitrogen and oxygen atoms in total. The minimum Gasteiger partial charge on any atom is -0.406 e. The standard InChI is InChI=1S/C22H16ClF3N4O2/c23-20-11-6-15(13-27-20)19-12-18(14-4-2-1-3-5-14)29-30(19)21(31)28-16-7-9-17(10-8-16)32-22(24,25)26/h1-11,13,19H,12H2,(H,28,31). The van der Waals surface area contributed by atoms with Gasteiger partial charge in [-0.05, 0) is 41.5 Å². The van der Waals surface area contributed by atoms with Gasteiger partial charge in [0.25, 0.3) is 0 Å². The summed E-state index contributed by atoms with van der Waals surface area (Å²) in [5, 5.41) is 8.78. The number of rotatable bonds is 4. The van der Waals surface area contributed by atoms with E-state index in [2.05, 4.69) is 20.1 Å². The highest BCUT2D eigenvalue weighted by Gasteiger charge is 2.34. The molecule has 0 saturated carbocycles. The van der Waals surface area contributed by atoms with Crippen molar-refractivity contribution >= 4 is 29.0 Å². The Morgan fingerprint density at radius 2 is 1.78 bits per heavy atom. The van der Waals surface area contributed by atoms with Crippen LogP contribution in [0.5, 0.6) is 5.75 Å². The summed E-state index contributed by atoms with van der Waals surface area (Å²) >= 11 is 5.89. The zero-order valence-electron chi connectivity index (χ0n) is 16.4. The average molecular weight is 461 g/mol. The minimum atomic E-state index is -4.79. The van der Waals surface area contributed by atoms with Gasteiger partial charge in [0.1, 0.15) is 10.9 Å². The first-order valence-corrected chi connectivity index (χ1v) is 9.87. The number of benzene rings is 2. The molecule has 2 amide bonds. The molecule has 1 atom stereocenters. The van der Waals surface area contributed by atoms with E-state index in [1.165, 1.54) is 17.1 Å². The zero-order chi connectivity index (χ0) is 22.7. The number of halogens is 4. The van der Waals surface area contributed by atoms with Gasteiger partial charge in [0.2, 0.25) is 0 Å². The van der Waals surface area contributed by atoms with Crippen molar-refractivity contribution in [1.29, 1.82) is 0 Å². The van der Waals surface area contributed by atoms with Crippen molar-refractivity contribution in [2.24, 2.45) is 5.10 Å². The Morgan fingerprint density at radius 3 is 2.41 bits per heavy atom. The van der Waals surface area contributed by atoms with E-state index < -0.39 is 18.4 Å². The number of urea groups is 1. The van der Waals surface area contributed by atoms with E-state index in [4.69, 9.17) is 11.6 Å². The fraction of sp³-hybridized carbons (Fsp3) is 0.136. The normalized spacial score (nSPS) is 15.9. The summed E-state index contributed by atoms with van der Waals surface area (Å²) in [6.07, 6.45) is -2.75. The number of nitrogens with zero attached hydrogens (tertiary/aromatic N) is 3. The number of hydrogen-bond donors (Lipinski definition) is 1. The van der Waals surface area contributed by atoms with Crippen molar-refractivity contribution in [3.63, 3.8) is 0 Å². The Balaban J connectivity index is 1.56. The van der Waals surface area contributed by atoms with Crippen LogP contribution in [-0.2, 0) is 0 Å². The van der Waals surface area contributed by atoms with Crippen molar-refractivity contribution in [1.82, 2.24) is 9.99 Å². The van der Waals surface area contributed by atoms with Crippen molar-refractivity contribution in [2.75, 3.05) is 5.32 Å². The summed E-state index contributed by atoms with van der Waals surface area (Å²) in [4.78, 5) is 17.1. The Hall–Kier alpha value is -3.59. The Labute approximate surface area is 186 Å². The van der Waals surface area contributed by atoms with Crippen LogP contribution < -0.4 is 10.1 Å². The summed E-state index contributed by atoms with van der Waals surface area (Å²) in [7, 11) is 0. The molecule has 1 unspecified atom stereocenters. The molecular weight excluding hydrogens is 445 g/mol. The third-order valence-corrected chi connectivity index (χ3v) is 4.92. The lowest BCUT2D eigenvalue weighted by Gasteiger charge is -2.22. The van der Waals surface area contributed by atoms with Gasteiger partial charge in [0.05, 0.1) is 11.8 Å². The topological polar surface area (TPSA) is 66.8 Å². The summed E-state index contributed by atoms with van der Waals surface area (Å²) in [6, 6.07) is 16.7. The van der Waals surface area contributed by atoms with Crippen LogP contribution >= 0.6 is 11.6 Å². The molecule has 32 heavy (non-hydrogen) atoms. The number of hydrogen-bond acceptors (Lipinski definition) is 4. The van der Waals surface area contributed by atoms with E-state index in [1.807, 2.05) is 30.3 Å². The van der Waals surface area contributed by atoms with Gasteiger partial charge in [0.15, 0.2) is 0 Å². The second-order valence-corrected chi connectivity index (χ2v) is 7.28. The number of anilines is 1. The fourth-order valence-electron chi connectivity index (χ4n) is 3.27. The molecule has 0 fully saturated rings. The van der Waals surface area contributed by atoms with Gasteiger partial charge in [-0.3, -0.25) is 0 Å². The molecule has 1 aliphatic heterocycles. The molecule has 0 aliphatic carbocycles. The van der Waals surface area contributed by atoms with Crippen molar-refractivity contribution in [3.8, 4) is 5.75 Å². The number of pyridine rings is 1. The van der Waals surface area contributed by atoms with Gasteiger partial charge < -0.3 is 10.1 Å². The van der Waals surface area contributed by atoms with Crippen LogP contribution in [0.25, 0.3) is 0 Å². The fourth-order valence-corrected chi connectivity index (χ4v) is 3.38. The van der Waals surface area contributed by atoms with Gasteiger partial charge in [-0.15, -0.1) is 13.2 Å². The number of carbonyl (C=O) groups is 1. The molecule has 3 aromatic rings. The number of carbonyl (C=O) groups excluding carboxylic acids is 1. The lowest BCUT2D eigenvalue weighted by molar-refractivity contribution is -0.274. The molecule has 1 aromatic heterocycles. The molecular formula is C22H16ClF3N4O2. The molecule has 1 N–H and O–H groups in total. The smallest absolute Gasteiger partial charge is 0.406 e. The van der Waals surface area contributed by atoms with Crippen LogP contribution in [-0.4, -0.2) is 28.1 Å². The molecule has 2 aromatic carbocycles. The van der Waals surface area contributed by atoms with Crippen LogP contribution in [0, 0.1) is 0 Å². The molecule has 0 spiro atoms. The van der Waals surface area contributed by atoms with Crippen LogP contribution in [0.15, 0.2) is 78.0 Å². The average Bonchev–Trinajstić information content (AvgIpc) is 3.21. The minimum absolute atomic E-state index is 0.292. The second kappa shape index (κ2) is 8.88. The number of amides is 2. The monoisotopic (exact) mass is 460 g/mol. The van der Waals surface area contributed by atoms with E-state index in [9.17, 15) is 18.0 Å². The van der Waals surface area contributed by atoms with E-state index in [-0.39, 0.29) is 5.75 Å². The molecule has 0 saturated heterocycles. The van der Waals surface area contributed by atoms with Gasteiger partial charge >= 0.3 is 12.4 Å². The number of alkyl halides is 3. The lowest BCUT2D eigenvalue weighted by atomic mass is 10.00. The van der Waals surface area contributed by atoms with Crippen molar-refractivity contribution in [3.05, 3.63) is 89.2 Å². The zero-order valence-corrected chi connectivity index (χ0v) is 17.1. The maximum atomic E-state index is 13.0. The maximum absolute atomic E-state index is 13.0. The molecule has 2 heterocycles. The molecule has 0 bridgehead atoms. The molecule has 164 valence electrons. The highest BCUT2D eigenvalue weighted by molar-refractivity contribution is 6.29. The van der Waals surface area contributed by atoms with E-state index in [0.717, 1.165) is 29.0 Å². The summed E-state index contributed by atoms with van der Waals surface area (Å²) < 4.78 is 40.9. The molecule has 0 radical (unpaired) electrons. The number of nitrogens with one attached hydrogen (secondary N) is 1. The van der Waals surface area contributed by atoms with Crippen molar-refractivity contribution < 1.29 is 22.7 Å². The molecule has 10 heteroatoms. The van der Waals surface area contributed by atoms with Gasteiger partial charge in [-0.1, -0.05) is 48.0 Å². The first-order valence-electron chi connectivity index (χ1n) is 9.49. The first-order chi connectivity index (χ1) is 15.3. The van der Waals surface area contributed by atoms with E-state index >= 15 is 0 Å². The molecule has 1 aliphatic rings. The SMILES string of the molecule is O=C(Nc1ccc(OC(F)(F)F)cc1)N1N=C(c2ccccc2)CC1c1ccc(Cl)nc1. The predicted octanol–water partition coefficient (Wildman–Crippen LogP) is 6.02. The summed E-state index contributed by atoms with van der Waals surface area (Å²) in [5.41, 5.74) is 2.63.